The van der Waals surface area contributed by atoms with Crippen molar-refractivity contribution in [2.75, 3.05) is 6.54 Å². The largest absolute Gasteiger partial charge is 0.351 e. The third kappa shape index (κ3) is 2.56. The van der Waals surface area contributed by atoms with Gasteiger partial charge in [0.25, 0.3) is 0 Å². The molecule has 1 unspecified atom stereocenters. The van der Waals surface area contributed by atoms with Crippen LogP contribution in [0.3, 0.4) is 0 Å². The second kappa shape index (κ2) is 4.91. The Kier molecular flexibility index (Phi) is 3.39. The highest BCUT2D eigenvalue weighted by molar-refractivity contribution is 9.10. The third-order valence-electron chi connectivity index (χ3n) is 4.32. The molecule has 1 aromatic rings. The maximum atomic E-state index is 12.6. The number of nitrogens with one attached hydrogen (secondary N) is 1. The van der Waals surface area contributed by atoms with Gasteiger partial charge in [-0.25, -0.2) is 0 Å². The van der Waals surface area contributed by atoms with Crippen molar-refractivity contribution < 1.29 is 4.79 Å². The summed E-state index contributed by atoms with van der Waals surface area (Å²) in [7, 11) is 0. The monoisotopic (exact) mass is 322 g/mol. The molecule has 0 radical (unpaired) electrons. The maximum Gasteiger partial charge on any atom is 0.230 e. The Morgan fingerprint density at radius 1 is 1.47 bits per heavy atom. The van der Waals surface area contributed by atoms with Crippen LogP contribution in [-0.4, -0.2) is 18.5 Å². The summed E-state index contributed by atoms with van der Waals surface area (Å²) in [6, 6.07) is 8.25. The van der Waals surface area contributed by atoms with E-state index in [9.17, 15) is 4.79 Å². The van der Waals surface area contributed by atoms with Gasteiger partial charge in [0.2, 0.25) is 5.91 Å². The molecule has 1 amide bonds. The summed E-state index contributed by atoms with van der Waals surface area (Å²) in [5.41, 5.74) is 6.58. The molecule has 4 heteroatoms. The maximum absolute atomic E-state index is 12.6. The van der Waals surface area contributed by atoms with Gasteiger partial charge in [-0.3, -0.25) is 4.79 Å². The molecule has 2 saturated carbocycles. The molecule has 3 N–H and O–H groups in total. The van der Waals surface area contributed by atoms with E-state index in [0.717, 1.165) is 22.9 Å². The van der Waals surface area contributed by atoms with E-state index in [1.54, 1.807) is 0 Å². The lowest BCUT2D eigenvalue weighted by molar-refractivity contribution is -0.124. The number of amides is 1. The molecule has 0 spiro atoms. The molecule has 2 fully saturated rings. The van der Waals surface area contributed by atoms with Gasteiger partial charge >= 0.3 is 0 Å². The standard InChI is InChI=1S/C15H19BrN2O/c16-12-3-1-2-11(8-12)15(6-7-15)14(19)18-13(9-17)10-4-5-10/h1-3,8,10,13H,4-7,9,17H2,(H,18,19). The molecule has 0 heterocycles. The second-order valence-corrected chi connectivity index (χ2v) is 6.66. The highest BCUT2D eigenvalue weighted by Gasteiger charge is 2.52. The minimum atomic E-state index is -0.300. The van der Waals surface area contributed by atoms with Gasteiger partial charge < -0.3 is 11.1 Å². The minimum Gasteiger partial charge on any atom is -0.351 e. The van der Waals surface area contributed by atoms with Crippen molar-refractivity contribution >= 4 is 21.8 Å². The number of carbonyl (C=O) groups excluding carboxylic acids is 1. The molecule has 0 saturated heterocycles. The molecular formula is C15H19BrN2O. The fourth-order valence-electron chi connectivity index (χ4n) is 2.73. The van der Waals surface area contributed by atoms with Crippen molar-refractivity contribution in [3.05, 3.63) is 34.3 Å². The number of nitrogens with two attached hydrogens (primary N) is 1. The minimum absolute atomic E-state index is 0.160. The fourth-order valence-corrected chi connectivity index (χ4v) is 3.13. The van der Waals surface area contributed by atoms with Gasteiger partial charge in [-0.2, -0.15) is 0 Å². The van der Waals surface area contributed by atoms with E-state index >= 15 is 0 Å². The lowest BCUT2D eigenvalue weighted by atomic mass is 9.94. The first-order valence-electron chi connectivity index (χ1n) is 6.93. The topological polar surface area (TPSA) is 55.1 Å². The lowest BCUT2D eigenvalue weighted by Gasteiger charge is -2.21. The van der Waals surface area contributed by atoms with E-state index < -0.39 is 0 Å². The summed E-state index contributed by atoms with van der Waals surface area (Å²) in [6.07, 6.45) is 4.28. The molecule has 1 atom stereocenters. The van der Waals surface area contributed by atoms with Crippen molar-refractivity contribution in [1.82, 2.24) is 5.32 Å². The summed E-state index contributed by atoms with van der Waals surface area (Å²) in [4.78, 5) is 12.6. The van der Waals surface area contributed by atoms with Crippen molar-refractivity contribution in [3.63, 3.8) is 0 Å². The summed E-state index contributed by atoms with van der Waals surface area (Å²) < 4.78 is 1.03. The molecule has 0 bridgehead atoms. The SMILES string of the molecule is NCC(NC(=O)C1(c2cccc(Br)c2)CC1)C1CC1. The Bertz CT molecular complexity index is 495. The molecule has 2 aliphatic carbocycles. The molecule has 1 aromatic carbocycles. The van der Waals surface area contributed by atoms with Crippen LogP contribution in [0.1, 0.15) is 31.2 Å². The van der Waals surface area contributed by atoms with Crippen LogP contribution in [0, 0.1) is 5.92 Å². The van der Waals surface area contributed by atoms with Gasteiger partial charge in [-0.15, -0.1) is 0 Å². The first-order chi connectivity index (χ1) is 9.15. The van der Waals surface area contributed by atoms with Crippen molar-refractivity contribution in [1.29, 1.82) is 0 Å². The molecule has 0 aliphatic heterocycles. The van der Waals surface area contributed by atoms with Crippen LogP contribution >= 0.6 is 15.9 Å². The highest BCUT2D eigenvalue weighted by Crippen LogP contribution is 2.49. The van der Waals surface area contributed by atoms with Gasteiger partial charge in [0.15, 0.2) is 0 Å². The first kappa shape index (κ1) is 13.1. The number of hydrogen-bond donors (Lipinski definition) is 2. The Balaban J connectivity index is 1.75. The quantitative estimate of drug-likeness (QED) is 0.874. The molecular weight excluding hydrogens is 304 g/mol. The van der Waals surface area contributed by atoms with Crippen LogP contribution in [0.25, 0.3) is 0 Å². The van der Waals surface area contributed by atoms with Crippen molar-refractivity contribution in [2.24, 2.45) is 11.7 Å². The Morgan fingerprint density at radius 2 is 2.21 bits per heavy atom. The average molecular weight is 323 g/mol. The fraction of sp³-hybridized carbons (Fsp3) is 0.533. The van der Waals surface area contributed by atoms with E-state index in [2.05, 4.69) is 27.3 Å². The molecule has 2 aliphatic rings. The Morgan fingerprint density at radius 3 is 2.74 bits per heavy atom. The molecule has 102 valence electrons. The van der Waals surface area contributed by atoms with E-state index in [1.165, 1.54) is 12.8 Å². The van der Waals surface area contributed by atoms with E-state index in [0.29, 0.717) is 12.5 Å². The Hall–Kier alpha value is -0.870. The zero-order valence-corrected chi connectivity index (χ0v) is 12.4. The molecule has 0 aromatic heterocycles. The lowest BCUT2D eigenvalue weighted by Crippen LogP contribution is -2.46. The van der Waals surface area contributed by atoms with Crippen LogP contribution in [0.4, 0.5) is 0 Å². The predicted octanol–water partition coefficient (Wildman–Crippen LogP) is 2.33. The number of hydrogen-bond acceptors (Lipinski definition) is 2. The van der Waals surface area contributed by atoms with E-state index in [1.807, 2.05) is 18.2 Å². The van der Waals surface area contributed by atoms with Crippen LogP contribution in [0.2, 0.25) is 0 Å². The zero-order chi connectivity index (χ0) is 13.5. The Labute approximate surface area is 122 Å². The summed E-state index contributed by atoms with van der Waals surface area (Å²) in [5, 5.41) is 3.17. The second-order valence-electron chi connectivity index (χ2n) is 5.75. The van der Waals surface area contributed by atoms with Crippen molar-refractivity contribution in [2.45, 2.75) is 37.1 Å². The summed E-state index contributed by atoms with van der Waals surface area (Å²) in [5.74, 6) is 0.764. The van der Waals surface area contributed by atoms with Gasteiger partial charge in [0.05, 0.1) is 5.41 Å². The van der Waals surface area contributed by atoms with E-state index in [-0.39, 0.29) is 17.4 Å². The van der Waals surface area contributed by atoms with Gasteiger partial charge in [0.1, 0.15) is 0 Å². The van der Waals surface area contributed by atoms with E-state index in [4.69, 9.17) is 5.73 Å². The normalized spacial score (nSPS) is 21.8. The number of benzene rings is 1. The molecule has 3 rings (SSSR count). The summed E-state index contributed by atoms with van der Waals surface area (Å²) >= 11 is 3.48. The first-order valence-corrected chi connectivity index (χ1v) is 7.72. The predicted molar refractivity (Wildman–Crippen MR) is 78.8 cm³/mol. The van der Waals surface area contributed by atoms with Crippen LogP contribution < -0.4 is 11.1 Å². The van der Waals surface area contributed by atoms with Gasteiger partial charge in [-0.1, -0.05) is 28.1 Å². The summed E-state index contributed by atoms with van der Waals surface area (Å²) in [6.45, 7) is 0.547. The molecule has 3 nitrogen and oxygen atoms in total. The molecule has 19 heavy (non-hydrogen) atoms. The zero-order valence-electron chi connectivity index (χ0n) is 10.9. The number of rotatable bonds is 5. The smallest absolute Gasteiger partial charge is 0.230 e. The van der Waals surface area contributed by atoms with Crippen LogP contribution in [-0.2, 0) is 10.2 Å². The number of halogens is 1. The average Bonchev–Trinajstić information content (AvgIpc) is 3.29. The van der Waals surface area contributed by atoms with Crippen LogP contribution in [0.15, 0.2) is 28.7 Å². The van der Waals surface area contributed by atoms with Crippen molar-refractivity contribution in [3.8, 4) is 0 Å². The number of carbonyl (C=O) groups is 1. The highest BCUT2D eigenvalue weighted by atomic mass is 79.9. The van der Waals surface area contributed by atoms with Gasteiger partial charge in [0, 0.05) is 17.1 Å². The third-order valence-corrected chi connectivity index (χ3v) is 4.82. The van der Waals surface area contributed by atoms with Crippen LogP contribution in [0.5, 0.6) is 0 Å². The van der Waals surface area contributed by atoms with Gasteiger partial charge in [-0.05, 0) is 49.3 Å².